The maximum atomic E-state index is 11.3. The summed E-state index contributed by atoms with van der Waals surface area (Å²) in [5, 5.41) is 5.74. The van der Waals surface area contributed by atoms with E-state index in [1.165, 1.54) is 7.11 Å². The van der Waals surface area contributed by atoms with E-state index >= 15 is 0 Å². The van der Waals surface area contributed by atoms with Crippen molar-refractivity contribution in [3.05, 3.63) is 10.4 Å². The Morgan fingerprint density at radius 2 is 2.06 bits per heavy atom. The molecule has 18 heavy (non-hydrogen) atoms. The molecule has 0 aliphatic heterocycles. The van der Waals surface area contributed by atoms with Gasteiger partial charge in [0.1, 0.15) is 11.6 Å². The standard InChI is InChI=1S/C10H18N4O4/c1-10(2,3)18-9(16)12-6-5-7(13-14-11)8(15)17-4/h7H,5-6H2,1-4H3,(H,12,16). The molecule has 0 aromatic heterocycles. The van der Waals surface area contributed by atoms with Crippen molar-refractivity contribution in [2.45, 2.75) is 38.8 Å². The Balaban J connectivity index is 4.11. The normalized spacial score (nSPS) is 12.0. The molecule has 1 amide bonds. The van der Waals surface area contributed by atoms with E-state index in [2.05, 4.69) is 20.1 Å². The number of methoxy groups -OCH3 is 1. The van der Waals surface area contributed by atoms with E-state index in [9.17, 15) is 9.59 Å². The number of rotatable bonds is 5. The molecule has 1 unspecified atom stereocenters. The fourth-order valence-corrected chi connectivity index (χ4v) is 1.05. The zero-order chi connectivity index (χ0) is 14.2. The van der Waals surface area contributed by atoms with E-state index in [1.54, 1.807) is 20.8 Å². The molecule has 102 valence electrons. The van der Waals surface area contributed by atoms with Gasteiger partial charge in [-0.2, -0.15) is 0 Å². The van der Waals surface area contributed by atoms with Crippen molar-refractivity contribution < 1.29 is 19.1 Å². The maximum absolute atomic E-state index is 11.3. The fourth-order valence-electron chi connectivity index (χ4n) is 1.05. The Morgan fingerprint density at radius 3 is 2.50 bits per heavy atom. The van der Waals surface area contributed by atoms with E-state index < -0.39 is 23.7 Å². The lowest BCUT2D eigenvalue weighted by molar-refractivity contribution is -0.142. The van der Waals surface area contributed by atoms with E-state index in [0.717, 1.165) is 0 Å². The Kier molecular flexibility index (Phi) is 6.59. The lowest BCUT2D eigenvalue weighted by atomic mass is 10.2. The van der Waals surface area contributed by atoms with E-state index in [1.807, 2.05) is 0 Å². The molecule has 0 aliphatic carbocycles. The van der Waals surface area contributed by atoms with Crippen LogP contribution in [-0.4, -0.2) is 37.4 Å². The minimum atomic E-state index is -0.949. The molecule has 0 saturated heterocycles. The molecular weight excluding hydrogens is 240 g/mol. The number of carbonyl (C=O) groups excluding carboxylic acids is 2. The van der Waals surface area contributed by atoms with Crippen molar-refractivity contribution in [3.63, 3.8) is 0 Å². The van der Waals surface area contributed by atoms with Crippen molar-refractivity contribution >= 4 is 12.1 Å². The third-order valence-corrected chi connectivity index (χ3v) is 1.75. The highest BCUT2D eigenvalue weighted by atomic mass is 16.6. The van der Waals surface area contributed by atoms with Crippen LogP contribution < -0.4 is 5.32 Å². The Bertz CT molecular complexity index is 344. The molecule has 8 heteroatoms. The number of azide groups is 1. The van der Waals surface area contributed by atoms with Crippen LogP contribution in [0.25, 0.3) is 10.4 Å². The van der Waals surface area contributed by atoms with Crippen LogP contribution in [0.15, 0.2) is 5.11 Å². The van der Waals surface area contributed by atoms with Gasteiger partial charge >= 0.3 is 12.1 Å². The summed E-state index contributed by atoms with van der Waals surface area (Å²) in [5.74, 6) is -0.640. The van der Waals surface area contributed by atoms with Gasteiger partial charge in [-0.1, -0.05) is 5.11 Å². The van der Waals surface area contributed by atoms with E-state index in [4.69, 9.17) is 10.3 Å². The van der Waals surface area contributed by atoms with Gasteiger partial charge in [0.15, 0.2) is 0 Å². The minimum Gasteiger partial charge on any atom is -0.469 e. The largest absolute Gasteiger partial charge is 0.469 e. The highest BCUT2D eigenvalue weighted by molar-refractivity contribution is 5.75. The van der Waals surface area contributed by atoms with Crippen LogP contribution in [0.3, 0.4) is 0 Å². The predicted octanol–water partition coefficient (Wildman–Crippen LogP) is 1.75. The number of esters is 1. The van der Waals surface area contributed by atoms with Gasteiger partial charge in [0, 0.05) is 11.5 Å². The van der Waals surface area contributed by atoms with Crippen molar-refractivity contribution in [1.82, 2.24) is 5.32 Å². The molecule has 0 spiro atoms. The van der Waals surface area contributed by atoms with Crippen molar-refractivity contribution in [2.24, 2.45) is 5.11 Å². The van der Waals surface area contributed by atoms with Crippen LogP contribution in [0.5, 0.6) is 0 Å². The molecule has 0 radical (unpaired) electrons. The van der Waals surface area contributed by atoms with Crippen LogP contribution in [0.4, 0.5) is 4.79 Å². The average Bonchev–Trinajstić information content (AvgIpc) is 2.24. The number of carbonyl (C=O) groups is 2. The summed E-state index contributed by atoms with van der Waals surface area (Å²) in [6.07, 6.45) is -0.442. The number of ether oxygens (including phenoxy) is 2. The number of nitrogens with zero attached hydrogens (tertiary/aromatic N) is 3. The number of nitrogens with one attached hydrogen (secondary N) is 1. The number of alkyl carbamates (subject to hydrolysis) is 1. The van der Waals surface area contributed by atoms with Crippen molar-refractivity contribution in [3.8, 4) is 0 Å². The molecule has 1 N–H and O–H groups in total. The van der Waals surface area contributed by atoms with Gasteiger partial charge in [-0.25, -0.2) is 4.79 Å². The Hall–Kier alpha value is -1.95. The van der Waals surface area contributed by atoms with Gasteiger partial charge in [-0.3, -0.25) is 4.79 Å². The lowest BCUT2D eigenvalue weighted by Crippen LogP contribution is -2.34. The summed E-state index contributed by atoms with van der Waals surface area (Å²) in [6.45, 7) is 5.37. The molecule has 0 rings (SSSR count). The second-order valence-electron chi connectivity index (χ2n) is 4.46. The SMILES string of the molecule is COC(=O)C(CCNC(=O)OC(C)(C)C)N=[N+]=[N-]. The summed E-state index contributed by atoms with van der Waals surface area (Å²) in [4.78, 5) is 25.0. The zero-order valence-electron chi connectivity index (χ0n) is 11.0. The van der Waals surface area contributed by atoms with Crippen molar-refractivity contribution in [2.75, 3.05) is 13.7 Å². The van der Waals surface area contributed by atoms with Gasteiger partial charge in [0.2, 0.25) is 0 Å². The highest BCUT2D eigenvalue weighted by Crippen LogP contribution is 2.06. The van der Waals surface area contributed by atoms with Gasteiger partial charge in [0.25, 0.3) is 0 Å². The highest BCUT2D eigenvalue weighted by Gasteiger charge is 2.19. The quantitative estimate of drug-likeness (QED) is 0.350. The summed E-state index contributed by atoms with van der Waals surface area (Å²) in [5.41, 5.74) is 7.69. The molecule has 0 aromatic rings. The molecule has 0 bridgehead atoms. The first-order valence-corrected chi connectivity index (χ1v) is 5.39. The molecule has 1 atom stereocenters. The number of amides is 1. The van der Waals surface area contributed by atoms with Gasteiger partial charge in [0.05, 0.1) is 7.11 Å². The monoisotopic (exact) mass is 258 g/mol. The first-order valence-electron chi connectivity index (χ1n) is 5.39. The topological polar surface area (TPSA) is 113 Å². The third kappa shape index (κ3) is 7.34. The Morgan fingerprint density at radius 1 is 1.44 bits per heavy atom. The van der Waals surface area contributed by atoms with Crippen LogP contribution in [0.1, 0.15) is 27.2 Å². The lowest BCUT2D eigenvalue weighted by Gasteiger charge is -2.19. The molecule has 0 aromatic carbocycles. The van der Waals surface area contributed by atoms with Crippen LogP contribution in [0, 0.1) is 0 Å². The van der Waals surface area contributed by atoms with E-state index in [0.29, 0.717) is 0 Å². The minimum absolute atomic E-state index is 0.147. The van der Waals surface area contributed by atoms with Gasteiger partial charge in [-0.05, 0) is 32.7 Å². The molecule has 0 saturated carbocycles. The molecule has 0 fully saturated rings. The number of hydrogen-bond donors (Lipinski definition) is 1. The second-order valence-corrected chi connectivity index (χ2v) is 4.46. The summed E-state index contributed by atoms with van der Waals surface area (Å²) >= 11 is 0. The number of hydrogen-bond acceptors (Lipinski definition) is 5. The third-order valence-electron chi connectivity index (χ3n) is 1.75. The maximum Gasteiger partial charge on any atom is 0.407 e. The predicted molar refractivity (Wildman–Crippen MR) is 63.8 cm³/mol. The van der Waals surface area contributed by atoms with Crippen molar-refractivity contribution in [1.29, 1.82) is 0 Å². The smallest absolute Gasteiger partial charge is 0.407 e. The first kappa shape index (κ1) is 16.1. The summed E-state index contributed by atoms with van der Waals surface area (Å²) in [7, 11) is 1.20. The van der Waals surface area contributed by atoms with E-state index in [-0.39, 0.29) is 13.0 Å². The van der Waals surface area contributed by atoms with Gasteiger partial charge in [-0.15, -0.1) is 0 Å². The van der Waals surface area contributed by atoms with Gasteiger partial charge < -0.3 is 14.8 Å². The Labute approximate surface area is 105 Å². The zero-order valence-corrected chi connectivity index (χ0v) is 11.0. The van der Waals surface area contributed by atoms with Crippen LogP contribution in [-0.2, 0) is 14.3 Å². The second kappa shape index (κ2) is 7.39. The van der Waals surface area contributed by atoms with Crippen LogP contribution >= 0.6 is 0 Å². The summed E-state index contributed by atoms with van der Waals surface area (Å²) < 4.78 is 9.45. The molecule has 8 nitrogen and oxygen atoms in total. The molecular formula is C10H18N4O4. The molecule has 0 heterocycles. The fraction of sp³-hybridized carbons (Fsp3) is 0.800. The average molecular weight is 258 g/mol. The molecule has 0 aliphatic rings. The van der Waals surface area contributed by atoms with Crippen LogP contribution in [0.2, 0.25) is 0 Å². The first-order chi connectivity index (χ1) is 8.30. The summed E-state index contributed by atoms with van der Waals surface area (Å²) in [6, 6.07) is -0.949.